The molecule has 12 heavy (non-hydrogen) atoms. The lowest BCUT2D eigenvalue weighted by atomic mass is 10.3. The summed E-state index contributed by atoms with van der Waals surface area (Å²) in [4.78, 5) is 7.95. The van der Waals surface area contributed by atoms with E-state index < -0.39 is 0 Å². The van der Waals surface area contributed by atoms with Crippen LogP contribution in [0.25, 0.3) is 11.0 Å². The molecule has 0 aliphatic heterocycles. The number of rotatable bonds is 0. The second kappa shape index (κ2) is 2.34. The number of hydrogen-bond donors (Lipinski definition) is 2. The quantitative estimate of drug-likeness (QED) is 0.602. The normalized spacial score (nSPS) is 10.3. The van der Waals surface area contributed by atoms with Gasteiger partial charge in [0.15, 0.2) is 0 Å². The van der Waals surface area contributed by atoms with Gasteiger partial charge in [0.25, 0.3) is 0 Å². The van der Waals surface area contributed by atoms with Gasteiger partial charge in [0.05, 0.1) is 17.2 Å². The monoisotopic (exact) mass is 161 g/mol. The van der Waals surface area contributed by atoms with Gasteiger partial charge in [-0.3, -0.25) is 4.98 Å². The lowest BCUT2D eigenvalue weighted by Gasteiger charge is -1.97. The summed E-state index contributed by atoms with van der Waals surface area (Å²) in [5, 5.41) is 9.08. The molecule has 60 valence electrons. The second-order valence-corrected chi connectivity index (χ2v) is 2.47. The number of aromatic hydroxyl groups is 1. The molecule has 0 atom stereocenters. The van der Waals surface area contributed by atoms with Crippen LogP contribution in [0.1, 0.15) is 0 Å². The first kappa shape index (κ1) is 6.84. The molecule has 0 spiro atoms. The molecule has 2 aromatic heterocycles. The average Bonchev–Trinajstić information content (AvgIpc) is 2.03. The number of aromatic nitrogens is 2. The van der Waals surface area contributed by atoms with Gasteiger partial charge < -0.3 is 10.8 Å². The Morgan fingerprint density at radius 2 is 2.08 bits per heavy atom. The molecule has 0 saturated carbocycles. The number of nitrogens with zero attached hydrogens (tertiary/aromatic N) is 2. The van der Waals surface area contributed by atoms with E-state index in [1.54, 1.807) is 12.1 Å². The van der Waals surface area contributed by atoms with E-state index in [1.165, 1.54) is 12.3 Å². The van der Waals surface area contributed by atoms with Crippen LogP contribution >= 0.6 is 0 Å². The zero-order chi connectivity index (χ0) is 8.55. The fourth-order valence-corrected chi connectivity index (χ4v) is 1.01. The molecule has 4 nitrogen and oxygen atoms in total. The van der Waals surface area contributed by atoms with Crippen LogP contribution in [0.4, 0.5) is 5.82 Å². The first-order valence-electron chi connectivity index (χ1n) is 3.47. The summed E-state index contributed by atoms with van der Waals surface area (Å²) in [7, 11) is 0. The first-order chi connectivity index (χ1) is 5.75. The van der Waals surface area contributed by atoms with E-state index in [-0.39, 0.29) is 5.75 Å². The molecule has 0 saturated heterocycles. The summed E-state index contributed by atoms with van der Waals surface area (Å²) in [5.41, 5.74) is 6.78. The number of hydrogen-bond acceptors (Lipinski definition) is 4. The highest BCUT2D eigenvalue weighted by Crippen LogP contribution is 2.15. The van der Waals surface area contributed by atoms with Crippen molar-refractivity contribution in [1.29, 1.82) is 0 Å². The van der Waals surface area contributed by atoms with Crippen molar-refractivity contribution in [3.8, 4) is 5.75 Å². The van der Waals surface area contributed by atoms with Gasteiger partial charge in [0.1, 0.15) is 11.6 Å². The molecule has 2 heterocycles. The molecule has 0 bridgehead atoms. The van der Waals surface area contributed by atoms with Gasteiger partial charge in [-0.25, -0.2) is 4.98 Å². The molecule has 0 aliphatic carbocycles. The van der Waals surface area contributed by atoms with Crippen LogP contribution in [0.3, 0.4) is 0 Å². The molecule has 2 rings (SSSR count). The summed E-state index contributed by atoms with van der Waals surface area (Å²) in [6, 6.07) is 4.96. The molecule has 2 aromatic rings. The van der Waals surface area contributed by atoms with E-state index in [1.807, 2.05) is 0 Å². The highest BCUT2D eigenvalue weighted by Gasteiger charge is 1.97. The van der Waals surface area contributed by atoms with E-state index in [0.29, 0.717) is 11.3 Å². The molecule has 3 N–H and O–H groups in total. The van der Waals surface area contributed by atoms with Gasteiger partial charge in [0, 0.05) is 6.07 Å². The van der Waals surface area contributed by atoms with Crippen molar-refractivity contribution in [2.75, 3.05) is 5.73 Å². The van der Waals surface area contributed by atoms with E-state index in [9.17, 15) is 0 Å². The van der Waals surface area contributed by atoms with E-state index in [2.05, 4.69) is 9.97 Å². The Labute approximate surface area is 68.7 Å². The Bertz CT molecular complexity index is 391. The van der Waals surface area contributed by atoms with Gasteiger partial charge in [0.2, 0.25) is 0 Å². The highest BCUT2D eigenvalue weighted by molar-refractivity contribution is 5.76. The van der Waals surface area contributed by atoms with Crippen molar-refractivity contribution < 1.29 is 5.11 Å². The summed E-state index contributed by atoms with van der Waals surface area (Å²) >= 11 is 0. The summed E-state index contributed by atoms with van der Waals surface area (Å²) in [5.74, 6) is 0.524. The van der Waals surface area contributed by atoms with Gasteiger partial charge in [-0.2, -0.15) is 0 Å². The lowest BCUT2D eigenvalue weighted by molar-refractivity contribution is 0.474. The largest absolute Gasteiger partial charge is 0.506 e. The third-order valence-corrected chi connectivity index (χ3v) is 1.54. The predicted octanol–water partition coefficient (Wildman–Crippen LogP) is 0.918. The van der Waals surface area contributed by atoms with Crippen molar-refractivity contribution in [2.24, 2.45) is 0 Å². The van der Waals surface area contributed by atoms with Gasteiger partial charge in [-0.05, 0) is 12.1 Å². The van der Waals surface area contributed by atoms with Gasteiger partial charge >= 0.3 is 0 Å². The Kier molecular flexibility index (Phi) is 1.33. The van der Waals surface area contributed by atoms with Crippen molar-refractivity contribution in [1.82, 2.24) is 9.97 Å². The minimum Gasteiger partial charge on any atom is -0.506 e. The van der Waals surface area contributed by atoms with Crippen molar-refractivity contribution >= 4 is 16.9 Å². The second-order valence-electron chi connectivity index (χ2n) is 2.47. The van der Waals surface area contributed by atoms with Crippen LogP contribution in [-0.2, 0) is 0 Å². The third kappa shape index (κ3) is 1.03. The molecular weight excluding hydrogens is 154 g/mol. The maximum atomic E-state index is 9.08. The van der Waals surface area contributed by atoms with Crippen molar-refractivity contribution in [2.45, 2.75) is 0 Å². The predicted molar refractivity (Wildman–Crippen MR) is 45.6 cm³/mol. The van der Waals surface area contributed by atoms with Crippen LogP contribution in [0.15, 0.2) is 24.4 Å². The molecule has 0 radical (unpaired) electrons. The standard InChI is InChI=1S/C8H7N3O/c9-8-2-1-6-7(11-8)3-5(12)4-10-6/h1-4,12H,(H2,9,11). The van der Waals surface area contributed by atoms with E-state index in [4.69, 9.17) is 10.8 Å². The van der Waals surface area contributed by atoms with E-state index in [0.717, 1.165) is 5.52 Å². The Morgan fingerprint density at radius 3 is 2.92 bits per heavy atom. The van der Waals surface area contributed by atoms with E-state index >= 15 is 0 Å². The molecule has 0 aliphatic rings. The topological polar surface area (TPSA) is 72.0 Å². The Morgan fingerprint density at radius 1 is 1.25 bits per heavy atom. The molecule has 0 amide bonds. The number of fused-ring (bicyclic) bond motifs is 1. The smallest absolute Gasteiger partial charge is 0.136 e. The third-order valence-electron chi connectivity index (χ3n) is 1.54. The zero-order valence-electron chi connectivity index (χ0n) is 6.23. The van der Waals surface area contributed by atoms with Crippen LogP contribution in [0.2, 0.25) is 0 Å². The molecule has 0 aromatic carbocycles. The zero-order valence-corrected chi connectivity index (χ0v) is 6.23. The van der Waals surface area contributed by atoms with Gasteiger partial charge in [-0.15, -0.1) is 0 Å². The van der Waals surface area contributed by atoms with Crippen LogP contribution in [0.5, 0.6) is 5.75 Å². The number of pyridine rings is 2. The fraction of sp³-hybridized carbons (Fsp3) is 0. The van der Waals surface area contributed by atoms with Gasteiger partial charge in [-0.1, -0.05) is 0 Å². The lowest BCUT2D eigenvalue weighted by Crippen LogP contribution is -1.90. The Hall–Kier alpha value is -1.84. The minimum absolute atomic E-state index is 0.0978. The summed E-state index contributed by atoms with van der Waals surface area (Å²) in [6.45, 7) is 0. The first-order valence-corrected chi connectivity index (χ1v) is 3.47. The average molecular weight is 161 g/mol. The number of nitrogens with two attached hydrogens (primary N) is 1. The maximum Gasteiger partial charge on any atom is 0.136 e. The molecule has 0 unspecified atom stereocenters. The highest BCUT2D eigenvalue weighted by atomic mass is 16.3. The summed E-state index contributed by atoms with van der Waals surface area (Å²) in [6.07, 6.45) is 1.38. The SMILES string of the molecule is Nc1ccc2ncc(O)cc2n1. The maximum absolute atomic E-state index is 9.08. The van der Waals surface area contributed by atoms with Crippen molar-refractivity contribution in [3.05, 3.63) is 24.4 Å². The fourth-order valence-electron chi connectivity index (χ4n) is 1.01. The molecule has 4 heteroatoms. The Balaban J connectivity index is 2.80. The molecular formula is C8H7N3O. The summed E-state index contributed by atoms with van der Waals surface area (Å²) < 4.78 is 0. The minimum atomic E-state index is 0.0978. The van der Waals surface area contributed by atoms with Crippen LogP contribution in [-0.4, -0.2) is 15.1 Å². The van der Waals surface area contributed by atoms with Crippen molar-refractivity contribution in [3.63, 3.8) is 0 Å². The molecule has 0 fully saturated rings. The number of anilines is 1. The van der Waals surface area contributed by atoms with Crippen LogP contribution < -0.4 is 5.73 Å². The number of nitrogen functional groups attached to an aromatic ring is 1. The van der Waals surface area contributed by atoms with Crippen LogP contribution in [0, 0.1) is 0 Å².